The lowest BCUT2D eigenvalue weighted by atomic mass is 10.2. The minimum Gasteiger partial charge on any atom is -0.497 e. The third kappa shape index (κ3) is 3.55. The van der Waals surface area contributed by atoms with Crippen molar-refractivity contribution in [2.75, 3.05) is 26.2 Å². The van der Waals surface area contributed by atoms with Crippen molar-refractivity contribution in [3.05, 3.63) is 59.1 Å². The van der Waals surface area contributed by atoms with Gasteiger partial charge in [-0.15, -0.1) is 11.3 Å². The normalized spacial score (nSPS) is 10.5. The molecule has 0 saturated carbocycles. The Labute approximate surface area is 156 Å². The van der Waals surface area contributed by atoms with Crippen LogP contribution >= 0.6 is 11.3 Å². The Bertz CT molecular complexity index is 919. The number of carbonyl (C=O) groups excluding carboxylic acids is 1. The SMILES string of the molecule is COc1ccc(N(C)C(=O)c2csc(-c3ccc(C)cc3)n2)c(OC)c1. The maximum atomic E-state index is 12.8. The summed E-state index contributed by atoms with van der Waals surface area (Å²) in [5, 5.41) is 2.60. The van der Waals surface area contributed by atoms with E-state index in [1.54, 1.807) is 44.8 Å². The van der Waals surface area contributed by atoms with Gasteiger partial charge in [0.15, 0.2) is 0 Å². The van der Waals surface area contributed by atoms with Crippen LogP contribution in [0.25, 0.3) is 10.6 Å². The molecular formula is C20H20N2O3S. The van der Waals surface area contributed by atoms with Crippen molar-refractivity contribution in [2.24, 2.45) is 0 Å². The van der Waals surface area contributed by atoms with Crippen molar-refractivity contribution >= 4 is 22.9 Å². The van der Waals surface area contributed by atoms with Crippen molar-refractivity contribution < 1.29 is 14.3 Å². The molecule has 6 heteroatoms. The number of hydrogen-bond acceptors (Lipinski definition) is 5. The Kier molecular flexibility index (Phi) is 5.23. The maximum Gasteiger partial charge on any atom is 0.277 e. The summed E-state index contributed by atoms with van der Waals surface area (Å²) in [4.78, 5) is 18.9. The van der Waals surface area contributed by atoms with Gasteiger partial charge in [-0.2, -0.15) is 0 Å². The number of methoxy groups -OCH3 is 2. The number of nitrogens with zero attached hydrogens (tertiary/aromatic N) is 2. The number of ether oxygens (including phenoxy) is 2. The molecule has 0 fully saturated rings. The number of benzene rings is 2. The molecular weight excluding hydrogens is 348 g/mol. The summed E-state index contributed by atoms with van der Waals surface area (Å²) in [6.07, 6.45) is 0. The van der Waals surface area contributed by atoms with E-state index in [9.17, 15) is 4.79 Å². The average Bonchev–Trinajstić information content (AvgIpc) is 3.17. The van der Waals surface area contributed by atoms with Crippen LogP contribution in [-0.2, 0) is 0 Å². The predicted octanol–water partition coefficient (Wildman–Crippen LogP) is 4.41. The molecule has 0 unspecified atom stereocenters. The highest BCUT2D eigenvalue weighted by Crippen LogP contribution is 2.33. The summed E-state index contributed by atoms with van der Waals surface area (Å²) in [5.41, 5.74) is 3.26. The van der Waals surface area contributed by atoms with Crippen LogP contribution in [0.15, 0.2) is 47.8 Å². The van der Waals surface area contributed by atoms with Crippen LogP contribution in [0, 0.1) is 6.92 Å². The van der Waals surface area contributed by atoms with Crippen molar-refractivity contribution in [3.8, 4) is 22.1 Å². The van der Waals surface area contributed by atoms with E-state index in [1.165, 1.54) is 21.8 Å². The minimum atomic E-state index is -0.192. The zero-order valence-electron chi connectivity index (χ0n) is 15.1. The van der Waals surface area contributed by atoms with Gasteiger partial charge in [-0.05, 0) is 19.1 Å². The van der Waals surface area contributed by atoms with Gasteiger partial charge in [0.1, 0.15) is 22.2 Å². The molecule has 0 N–H and O–H groups in total. The highest BCUT2D eigenvalue weighted by atomic mass is 32.1. The molecule has 1 amide bonds. The molecule has 0 spiro atoms. The first-order valence-corrected chi connectivity index (χ1v) is 8.94. The van der Waals surface area contributed by atoms with E-state index >= 15 is 0 Å². The topological polar surface area (TPSA) is 51.7 Å². The van der Waals surface area contributed by atoms with Gasteiger partial charge in [0.05, 0.1) is 19.9 Å². The second-order valence-corrected chi connectivity index (χ2v) is 6.66. The van der Waals surface area contributed by atoms with Gasteiger partial charge in [0, 0.05) is 24.1 Å². The molecule has 0 aliphatic heterocycles. The lowest BCUT2D eigenvalue weighted by molar-refractivity contribution is 0.0988. The fraction of sp³-hybridized carbons (Fsp3) is 0.200. The predicted molar refractivity (Wildman–Crippen MR) is 105 cm³/mol. The molecule has 2 aromatic carbocycles. The molecule has 26 heavy (non-hydrogen) atoms. The lowest BCUT2D eigenvalue weighted by Crippen LogP contribution is -2.27. The zero-order valence-corrected chi connectivity index (χ0v) is 16.0. The quantitative estimate of drug-likeness (QED) is 0.669. The van der Waals surface area contributed by atoms with Crippen LogP contribution in [0.5, 0.6) is 11.5 Å². The lowest BCUT2D eigenvalue weighted by Gasteiger charge is -2.19. The number of carbonyl (C=O) groups is 1. The van der Waals surface area contributed by atoms with Crippen LogP contribution in [-0.4, -0.2) is 32.2 Å². The van der Waals surface area contributed by atoms with Gasteiger partial charge in [-0.25, -0.2) is 4.98 Å². The van der Waals surface area contributed by atoms with Crippen molar-refractivity contribution in [3.63, 3.8) is 0 Å². The number of anilines is 1. The van der Waals surface area contributed by atoms with Gasteiger partial charge >= 0.3 is 0 Å². The Hall–Kier alpha value is -2.86. The average molecular weight is 368 g/mol. The summed E-state index contributed by atoms with van der Waals surface area (Å²) < 4.78 is 10.6. The van der Waals surface area contributed by atoms with Crippen molar-refractivity contribution in [1.29, 1.82) is 0 Å². The first-order chi connectivity index (χ1) is 12.5. The molecule has 1 aromatic heterocycles. The number of thiazole rings is 1. The van der Waals surface area contributed by atoms with Gasteiger partial charge < -0.3 is 14.4 Å². The molecule has 5 nitrogen and oxygen atoms in total. The van der Waals surface area contributed by atoms with E-state index in [2.05, 4.69) is 4.98 Å². The zero-order chi connectivity index (χ0) is 18.7. The van der Waals surface area contributed by atoms with Gasteiger partial charge in [-0.1, -0.05) is 29.8 Å². The molecule has 0 radical (unpaired) electrons. The summed E-state index contributed by atoms with van der Waals surface area (Å²) in [5.74, 6) is 1.04. The van der Waals surface area contributed by atoms with Crippen molar-refractivity contribution in [1.82, 2.24) is 4.98 Å². The summed E-state index contributed by atoms with van der Waals surface area (Å²) in [6, 6.07) is 13.4. The van der Waals surface area contributed by atoms with E-state index in [1.807, 2.05) is 31.2 Å². The standard InChI is InChI=1S/C20H20N2O3S/c1-13-5-7-14(8-6-13)19-21-16(12-26-19)20(23)22(2)17-10-9-15(24-3)11-18(17)25-4/h5-12H,1-4H3. The Morgan fingerprint density at radius 3 is 2.46 bits per heavy atom. The summed E-state index contributed by atoms with van der Waals surface area (Å²) in [7, 11) is 4.86. The maximum absolute atomic E-state index is 12.8. The Morgan fingerprint density at radius 2 is 1.81 bits per heavy atom. The fourth-order valence-corrected chi connectivity index (χ4v) is 3.34. The fourth-order valence-electron chi connectivity index (χ4n) is 2.54. The Balaban J connectivity index is 1.86. The van der Waals surface area contributed by atoms with Crippen LogP contribution in [0.2, 0.25) is 0 Å². The molecule has 0 aliphatic rings. The van der Waals surface area contributed by atoms with E-state index in [0.717, 1.165) is 10.6 Å². The molecule has 134 valence electrons. The van der Waals surface area contributed by atoms with E-state index in [4.69, 9.17) is 9.47 Å². The second kappa shape index (κ2) is 7.58. The second-order valence-electron chi connectivity index (χ2n) is 5.81. The van der Waals surface area contributed by atoms with Gasteiger partial charge in [0.2, 0.25) is 0 Å². The molecule has 0 atom stereocenters. The van der Waals surface area contributed by atoms with Crippen molar-refractivity contribution in [2.45, 2.75) is 6.92 Å². The largest absolute Gasteiger partial charge is 0.497 e. The van der Waals surface area contributed by atoms with Gasteiger partial charge in [-0.3, -0.25) is 4.79 Å². The first kappa shape index (κ1) is 17.9. The monoisotopic (exact) mass is 368 g/mol. The number of hydrogen-bond donors (Lipinski definition) is 0. The summed E-state index contributed by atoms with van der Waals surface area (Å²) >= 11 is 1.46. The molecule has 3 rings (SSSR count). The molecule has 0 aliphatic carbocycles. The summed E-state index contributed by atoms with van der Waals surface area (Å²) in [6.45, 7) is 2.04. The van der Waals surface area contributed by atoms with Crippen LogP contribution in [0.1, 0.15) is 16.1 Å². The number of rotatable bonds is 5. The van der Waals surface area contributed by atoms with Gasteiger partial charge in [0.25, 0.3) is 5.91 Å². The number of aromatic nitrogens is 1. The highest BCUT2D eigenvalue weighted by molar-refractivity contribution is 7.13. The third-order valence-electron chi connectivity index (χ3n) is 4.07. The molecule has 3 aromatic rings. The first-order valence-electron chi connectivity index (χ1n) is 8.06. The number of aryl methyl sites for hydroxylation is 1. The highest BCUT2D eigenvalue weighted by Gasteiger charge is 2.20. The molecule has 1 heterocycles. The molecule has 0 bridgehead atoms. The smallest absolute Gasteiger partial charge is 0.277 e. The third-order valence-corrected chi connectivity index (χ3v) is 4.97. The minimum absolute atomic E-state index is 0.192. The van der Waals surface area contributed by atoms with E-state index in [0.29, 0.717) is 22.9 Å². The molecule has 0 saturated heterocycles. The number of amides is 1. The van der Waals surface area contributed by atoms with Crippen LogP contribution < -0.4 is 14.4 Å². The van der Waals surface area contributed by atoms with E-state index < -0.39 is 0 Å². The van der Waals surface area contributed by atoms with E-state index in [-0.39, 0.29) is 5.91 Å². The van der Waals surface area contributed by atoms with Crippen LogP contribution in [0.3, 0.4) is 0 Å². The Morgan fingerprint density at radius 1 is 1.08 bits per heavy atom. The van der Waals surface area contributed by atoms with Crippen LogP contribution in [0.4, 0.5) is 5.69 Å².